The standard InChI is InChI=1S/C13H15NO2/c15-9-12-7-14(8-13(12)10-16)6-11-4-2-1-3-5-11/h1-5,9-10,12-13H,6-8H2. The Morgan fingerprint density at radius 3 is 2.12 bits per heavy atom. The van der Waals surface area contributed by atoms with E-state index in [0.717, 1.165) is 19.1 Å². The van der Waals surface area contributed by atoms with Gasteiger partial charge in [-0.1, -0.05) is 30.3 Å². The Morgan fingerprint density at radius 1 is 1.06 bits per heavy atom. The Balaban J connectivity index is 1.98. The molecule has 1 fully saturated rings. The zero-order valence-electron chi connectivity index (χ0n) is 9.08. The lowest BCUT2D eigenvalue weighted by molar-refractivity contribution is -0.117. The molecule has 0 aromatic heterocycles. The predicted molar refractivity (Wildman–Crippen MR) is 60.8 cm³/mol. The average molecular weight is 217 g/mol. The van der Waals surface area contributed by atoms with Gasteiger partial charge in [0.2, 0.25) is 0 Å². The summed E-state index contributed by atoms with van der Waals surface area (Å²) in [6.07, 6.45) is 1.81. The van der Waals surface area contributed by atoms with Crippen molar-refractivity contribution in [3.63, 3.8) is 0 Å². The van der Waals surface area contributed by atoms with Crippen molar-refractivity contribution in [3.8, 4) is 0 Å². The van der Waals surface area contributed by atoms with Gasteiger partial charge in [-0.15, -0.1) is 0 Å². The van der Waals surface area contributed by atoms with Crippen LogP contribution in [0.3, 0.4) is 0 Å². The third-order valence-corrected chi connectivity index (χ3v) is 3.09. The van der Waals surface area contributed by atoms with Crippen molar-refractivity contribution >= 4 is 12.6 Å². The first-order valence-electron chi connectivity index (χ1n) is 5.50. The van der Waals surface area contributed by atoms with Crippen LogP contribution >= 0.6 is 0 Å². The molecular weight excluding hydrogens is 202 g/mol. The van der Waals surface area contributed by atoms with Crippen molar-refractivity contribution in [3.05, 3.63) is 35.9 Å². The highest BCUT2D eigenvalue weighted by molar-refractivity contribution is 5.66. The van der Waals surface area contributed by atoms with Gasteiger partial charge < -0.3 is 9.59 Å². The van der Waals surface area contributed by atoms with Crippen molar-refractivity contribution < 1.29 is 9.59 Å². The van der Waals surface area contributed by atoms with E-state index in [1.807, 2.05) is 18.2 Å². The fraction of sp³-hybridized carbons (Fsp3) is 0.385. The molecule has 2 atom stereocenters. The SMILES string of the molecule is O=CC1CN(Cc2ccccc2)CC1C=O. The number of likely N-dealkylation sites (tertiary alicyclic amines) is 1. The summed E-state index contributed by atoms with van der Waals surface area (Å²) < 4.78 is 0. The Bertz CT molecular complexity index is 347. The number of carbonyl (C=O) groups is 2. The topological polar surface area (TPSA) is 37.4 Å². The van der Waals surface area contributed by atoms with E-state index in [-0.39, 0.29) is 11.8 Å². The number of hydrogen-bond acceptors (Lipinski definition) is 3. The molecule has 3 nitrogen and oxygen atoms in total. The van der Waals surface area contributed by atoms with E-state index in [1.54, 1.807) is 0 Å². The molecule has 1 aromatic carbocycles. The van der Waals surface area contributed by atoms with Crippen LogP contribution in [0.1, 0.15) is 5.56 Å². The number of hydrogen-bond donors (Lipinski definition) is 0. The molecule has 0 N–H and O–H groups in total. The Kier molecular flexibility index (Phi) is 3.47. The van der Waals surface area contributed by atoms with Crippen LogP contribution in [0.25, 0.3) is 0 Å². The van der Waals surface area contributed by atoms with Crippen LogP contribution in [0.5, 0.6) is 0 Å². The van der Waals surface area contributed by atoms with Crippen LogP contribution in [0.15, 0.2) is 30.3 Å². The lowest BCUT2D eigenvalue weighted by atomic mass is 10.00. The third-order valence-electron chi connectivity index (χ3n) is 3.09. The molecule has 16 heavy (non-hydrogen) atoms. The van der Waals surface area contributed by atoms with Crippen LogP contribution in [0.2, 0.25) is 0 Å². The quantitative estimate of drug-likeness (QED) is 0.709. The van der Waals surface area contributed by atoms with Crippen LogP contribution in [-0.2, 0) is 16.1 Å². The minimum absolute atomic E-state index is 0.124. The summed E-state index contributed by atoms with van der Waals surface area (Å²) >= 11 is 0. The Hall–Kier alpha value is -1.48. The van der Waals surface area contributed by atoms with Crippen LogP contribution in [0, 0.1) is 11.8 Å². The van der Waals surface area contributed by atoms with Gasteiger partial charge in [0.15, 0.2) is 0 Å². The summed E-state index contributed by atoms with van der Waals surface area (Å²) in [5.74, 6) is -0.248. The summed E-state index contributed by atoms with van der Waals surface area (Å²) in [5.41, 5.74) is 1.22. The molecular formula is C13H15NO2. The first-order valence-corrected chi connectivity index (χ1v) is 5.50. The highest BCUT2D eigenvalue weighted by Crippen LogP contribution is 2.21. The molecule has 0 aliphatic carbocycles. The molecule has 84 valence electrons. The number of rotatable bonds is 4. The maximum absolute atomic E-state index is 10.8. The summed E-state index contributed by atoms with van der Waals surface area (Å²) in [6.45, 7) is 2.21. The molecule has 0 bridgehead atoms. The highest BCUT2D eigenvalue weighted by atomic mass is 16.1. The molecule has 1 aliphatic rings. The lowest BCUT2D eigenvalue weighted by Gasteiger charge is -2.14. The number of aldehydes is 2. The minimum Gasteiger partial charge on any atom is -0.303 e. The Morgan fingerprint density at radius 2 is 1.62 bits per heavy atom. The van der Waals surface area contributed by atoms with Gasteiger partial charge in [0.05, 0.1) is 0 Å². The molecule has 0 saturated carbocycles. The van der Waals surface area contributed by atoms with Crippen molar-refractivity contribution in [2.24, 2.45) is 11.8 Å². The van der Waals surface area contributed by atoms with Gasteiger partial charge in [0, 0.05) is 31.5 Å². The third kappa shape index (κ3) is 2.36. The zero-order chi connectivity index (χ0) is 11.4. The second-order valence-corrected chi connectivity index (χ2v) is 4.28. The molecule has 1 saturated heterocycles. The fourth-order valence-electron chi connectivity index (χ4n) is 2.20. The van der Waals surface area contributed by atoms with Crippen LogP contribution < -0.4 is 0 Å². The minimum atomic E-state index is -0.124. The van der Waals surface area contributed by atoms with E-state index in [9.17, 15) is 9.59 Å². The number of benzene rings is 1. The lowest BCUT2D eigenvalue weighted by Crippen LogP contribution is -2.20. The van der Waals surface area contributed by atoms with Crippen molar-refractivity contribution in [2.75, 3.05) is 13.1 Å². The molecule has 0 radical (unpaired) electrons. The van der Waals surface area contributed by atoms with Gasteiger partial charge in [-0.05, 0) is 5.56 Å². The van der Waals surface area contributed by atoms with E-state index >= 15 is 0 Å². The zero-order valence-corrected chi connectivity index (χ0v) is 9.08. The van der Waals surface area contributed by atoms with Crippen molar-refractivity contribution in [2.45, 2.75) is 6.54 Å². The van der Waals surface area contributed by atoms with E-state index in [4.69, 9.17) is 0 Å². The van der Waals surface area contributed by atoms with E-state index < -0.39 is 0 Å². The fourth-order valence-corrected chi connectivity index (χ4v) is 2.20. The summed E-state index contributed by atoms with van der Waals surface area (Å²) in [6, 6.07) is 10.1. The molecule has 1 aromatic rings. The van der Waals surface area contributed by atoms with E-state index in [1.165, 1.54) is 5.56 Å². The van der Waals surface area contributed by atoms with E-state index in [2.05, 4.69) is 17.0 Å². The van der Waals surface area contributed by atoms with Gasteiger partial charge in [0.1, 0.15) is 12.6 Å². The maximum Gasteiger partial charge on any atom is 0.125 e. The smallest absolute Gasteiger partial charge is 0.125 e. The second-order valence-electron chi connectivity index (χ2n) is 4.28. The van der Waals surface area contributed by atoms with Gasteiger partial charge in [0.25, 0.3) is 0 Å². The van der Waals surface area contributed by atoms with Crippen LogP contribution in [-0.4, -0.2) is 30.6 Å². The molecule has 1 aliphatic heterocycles. The molecule has 3 heteroatoms. The summed E-state index contributed by atoms with van der Waals surface area (Å²) in [4.78, 5) is 23.7. The van der Waals surface area contributed by atoms with Crippen molar-refractivity contribution in [1.29, 1.82) is 0 Å². The first-order chi connectivity index (χ1) is 7.83. The molecule has 2 rings (SSSR count). The van der Waals surface area contributed by atoms with Gasteiger partial charge in [-0.3, -0.25) is 4.90 Å². The Labute approximate surface area is 95.1 Å². The normalized spacial score (nSPS) is 25.5. The van der Waals surface area contributed by atoms with Gasteiger partial charge in [-0.2, -0.15) is 0 Å². The number of nitrogens with zero attached hydrogens (tertiary/aromatic N) is 1. The summed E-state index contributed by atoms with van der Waals surface area (Å²) in [7, 11) is 0. The maximum atomic E-state index is 10.8. The largest absolute Gasteiger partial charge is 0.303 e. The van der Waals surface area contributed by atoms with Gasteiger partial charge >= 0.3 is 0 Å². The molecule has 2 unspecified atom stereocenters. The monoisotopic (exact) mass is 217 g/mol. The first kappa shape index (κ1) is 11.0. The summed E-state index contributed by atoms with van der Waals surface area (Å²) in [5, 5.41) is 0. The van der Waals surface area contributed by atoms with Crippen LogP contribution in [0.4, 0.5) is 0 Å². The number of carbonyl (C=O) groups excluding carboxylic acids is 2. The van der Waals surface area contributed by atoms with E-state index in [0.29, 0.717) is 13.1 Å². The molecule has 0 amide bonds. The highest BCUT2D eigenvalue weighted by Gasteiger charge is 2.31. The van der Waals surface area contributed by atoms with Gasteiger partial charge in [-0.25, -0.2) is 0 Å². The second kappa shape index (κ2) is 5.03. The molecule has 1 heterocycles. The van der Waals surface area contributed by atoms with Crippen molar-refractivity contribution in [1.82, 2.24) is 4.90 Å². The average Bonchev–Trinajstić information content (AvgIpc) is 2.72. The predicted octanol–water partition coefficient (Wildman–Crippen LogP) is 1.13. The molecule has 0 spiro atoms.